The molecule has 0 saturated heterocycles. The number of carbonyl (C=O) groups is 2. The van der Waals surface area contributed by atoms with Gasteiger partial charge >= 0.3 is 11.8 Å². The molecule has 0 aliphatic carbocycles. The number of nitrogens with two attached hydrogens (primary N) is 1. The molecule has 2 rings (SSSR count). The summed E-state index contributed by atoms with van der Waals surface area (Å²) in [5.41, 5.74) is 6.35. The molecule has 0 aromatic heterocycles. The number of rotatable bonds is 4. The Kier molecular flexibility index (Phi) is 4.80. The molecular formula is C16H16N2O4S. The standard InChI is InChI=1S/C16H16N2O4S/c1-12-6-5-9-14(10-12)18(16(20)15(17)19)23(21,22)11-13-7-3-2-4-8-13/h2-10H,11H2,1H3,(H2,17,19). The van der Waals surface area contributed by atoms with Crippen molar-refractivity contribution in [3.8, 4) is 0 Å². The van der Waals surface area contributed by atoms with E-state index in [1.165, 1.54) is 12.1 Å². The van der Waals surface area contributed by atoms with Crippen molar-refractivity contribution in [1.29, 1.82) is 0 Å². The summed E-state index contributed by atoms with van der Waals surface area (Å²) in [6.45, 7) is 1.75. The number of hydrogen-bond donors (Lipinski definition) is 1. The third-order valence-electron chi connectivity index (χ3n) is 3.10. The molecule has 2 amide bonds. The summed E-state index contributed by atoms with van der Waals surface area (Å²) in [6, 6.07) is 14.7. The third kappa shape index (κ3) is 3.95. The number of primary amides is 1. The molecule has 0 aliphatic heterocycles. The van der Waals surface area contributed by atoms with Crippen LogP contribution in [0.1, 0.15) is 11.1 Å². The number of aryl methyl sites for hydroxylation is 1. The topological polar surface area (TPSA) is 97.5 Å². The molecule has 2 N–H and O–H groups in total. The molecule has 0 unspecified atom stereocenters. The Labute approximate surface area is 134 Å². The molecule has 0 spiro atoms. The molecule has 0 bridgehead atoms. The summed E-state index contributed by atoms with van der Waals surface area (Å²) in [4.78, 5) is 23.3. The summed E-state index contributed by atoms with van der Waals surface area (Å²) in [6.07, 6.45) is 0. The monoisotopic (exact) mass is 332 g/mol. The quantitative estimate of drug-likeness (QED) is 0.854. The van der Waals surface area contributed by atoms with Crippen LogP contribution in [0.3, 0.4) is 0 Å². The molecule has 120 valence electrons. The molecule has 7 heteroatoms. The Bertz CT molecular complexity index is 832. The highest BCUT2D eigenvalue weighted by atomic mass is 32.2. The first kappa shape index (κ1) is 16.7. The van der Waals surface area contributed by atoms with Gasteiger partial charge < -0.3 is 5.73 Å². The van der Waals surface area contributed by atoms with Gasteiger partial charge in [0.25, 0.3) is 0 Å². The number of hydrogen-bond acceptors (Lipinski definition) is 4. The number of amides is 2. The Morgan fingerprint density at radius 1 is 1.04 bits per heavy atom. The highest BCUT2D eigenvalue weighted by Gasteiger charge is 2.32. The Morgan fingerprint density at radius 3 is 2.26 bits per heavy atom. The van der Waals surface area contributed by atoms with E-state index in [1.54, 1.807) is 49.4 Å². The highest BCUT2D eigenvalue weighted by molar-refractivity contribution is 7.92. The van der Waals surface area contributed by atoms with Crippen LogP contribution >= 0.6 is 0 Å². The van der Waals surface area contributed by atoms with Crippen LogP contribution in [0, 0.1) is 6.92 Å². The first-order valence-corrected chi connectivity index (χ1v) is 8.39. The second-order valence-electron chi connectivity index (χ2n) is 5.01. The van der Waals surface area contributed by atoms with E-state index >= 15 is 0 Å². The summed E-state index contributed by atoms with van der Waals surface area (Å²) < 4.78 is 25.8. The molecule has 0 saturated carbocycles. The van der Waals surface area contributed by atoms with Gasteiger partial charge in [-0.3, -0.25) is 9.59 Å². The summed E-state index contributed by atoms with van der Waals surface area (Å²) in [7, 11) is -4.11. The van der Waals surface area contributed by atoms with E-state index in [9.17, 15) is 18.0 Å². The lowest BCUT2D eigenvalue weighted by Gasteiger charge is -2.21. The highest BCUT2D eigenvalue weighted by Crippen LogP contribution is 2.22. The molecule has 0 aliphatic rings. The van der Waals surface area contributed by atoms with Gasteiger partial charge in [0.1, 0.15) is 0 Å². The van der Waals surface area contributed by atoms with E-state index in [0.717, 1.165) is 5.56 Å². The van der Waals surface area contributed by atoms with Gasteiger partial charge in [-0.15, -0.1) is 0 Å². The summed E-state index contributed by atoms with van der Waals surface area (Å²) in [5.74, 6) is -3.03. The van der Waals surface area contributed by atoms with Crippen molar-refractivity contribution >= 4 is 27.5 Å². The fourth-order valence-corrected chi connectivity index (χ4v) is 3.63. The van der Waals surface area contributed by atoms with Crippen LogP contribution in [0.4, 0.5) is 5.69 Å². The number of nitrogens with zero attached hydrogens (tertiary/aromatic N) is 1. The summed E-state index contributed by atoms with van der Waals surface area (Å²) >= 11 is 0. The molecule has 2 aromatic rings. The van der Waals surface area contributed by atoms with Crippen molar-refractivity contribution in [2.24, 2.45) is 5.73 Å². The molecule has 2 aromatic carbocycles. The van der Waals surface area contributed by atoms with E-state index in [1.807, 2.05) is 0 Å². The summed E-state index contributed by atoms with van der Waals surface area (Å²) in [5, 5.41) is 0. The molecule has 0 radical (unpaired) electrons. The number of sulfonamides is 1. The predicted molar refractivity (Wildman–Crippen MR) is 86.9 cm³/mol. The Hall–Kier alpha value is -2.67. The maximum Gasteiger partial charge on any atom is 0.329 e. The van der Waals surface area contributed by atoms with Crippen LogP contribution in [0.5, 0.6) is 0 Å². The molecule has 0 heterocycles. The van der Waals surface area contributed by atoms with Crippen molar-refractivity contribution in [3.63, 3.8) is 0 Å². The molecular weight excluding hydrogens is 316 g/mol. The smallest absolute Gasteiger partial charge is 0.329 e. The lowest BCUT2D eigenvalue weighted by molar-refractivity contribution is -0.134. The second kappa shape index (κ2) is 6.62. The fraction of sp³-hybridized carbons (Fsp3) is 0.125. The second-order valence-corrected chi connectivity index (χ2v) is 6.83. The largest absolute Gasteiger partial charge is 0.361 e. The number of anilines is 1. The lowest BCUT2D eigenvalue weighted by Crippen LogP contribution is -2.44. The van der Waals surface area contributed by atoms with Gasteiger partial charge in [0.15, 0.2) is 0 Å². The van der Waals surface area contributed by atoms with E-state index in [-0.39, 0.29) is 5.69 Å². The van der Waals surface area contributed by atoms with Gasteiger partial charge in [0.2, 0.25) is 10.0 Å². The Balaban J connectivity index is 2.48. The van der Waals surface area contributed by atoms with E-state index in [2.05, 4.69) is 0 Å². The number of carbonyl (C=O) groups excluding carboxylic acids is 2. The van der Waals surface area contributed by atoms with E-state index in [4.69, 9.17) is 5.73 Å². The van der Waals surface area contributed by atoms with Crippen molar-refractivity contribution in [1.82, 2.24) is 0 Å². The molecule has 23 heavy (non-hydrogen) atoms. The van der Waals surface area contributed by atoms with Gasteiger partial charge in [0, 0.05) is 0 Å². The van der Waals surface area contributed by atoms with Crippen LogP contribution in [0.25, 0.3) is 0 Å². The average molecular weight is 332 g/mol. The first-order valence-electron chi connectivity index (χ1n) is 6.78. The Morgan fingerprint density at radius 2 is 1.70 bits per heavy atom. The first-order chi connectivity index (χ1) is 10.8. The lowest BCUT2D eigenvalue weighted by atomic mass is 10.2. The molecule has 0 fully saturated rings. The minimum Gasteiger partial charge on any atom is -0.361 e. The fourth-order valence-electron chi connectivity index (χ4n) is 2.11. The van der Waals surface area contributed by atoms with Crippen LogP contribution in [0.2, 0.25) is 0 Å². The van der Waals surface area contributed by atoms with Gasteiger partial charge in [-0.05, 0) is 30.2 Å². The van der Waals surface area contributed by atoms with Crippen LogP contribution in [-0.2, 0) is 25.4 Å². The molecule has 0 atom stereocenters. The van der Waals surface area contributed by atoms with Crippen LogP contribution < -0.4 is 10.0 Å². The predicted octanol–water partition coefficient (Wildman–Crippen LogP) is 1.34. The van der Waals surface area contributed by atoms with Crippen LogP contribution in [0.15, 0.2) is 54.6 Å². The molecule has 6 nitrogen and oxygen atoms in total. The zero-order valence-corrected chi connectivity index (χ0v) is 13.3. The minimum absolute atomic E-state index is 0.0877. The maximum atomic E-state index is 12.7. The zero-order chi connectivity index (χ0) is 17.0. The average Bonchev–Trinajstić information content (AvgIpc) is 2.47. The van der Waals surface area contributed by atoms with Gasteiger partial charge in [-0.25, -0.2) is 8.42 Å². The zero-order valence-electron chi connectivity index (χ0n) is 12.5. The normalized spacial score (nSPS) is 11.0. The van der Waals surface area contributed by atoms with Crippen molar-refractivity contribution in [2.45, 2.75) is 12.7 Å². The van der Waals surface area contributed by atoms with Crippen molar-refractivity contribution < 1.29 is 18.0 Å². The number of benzene rings is 2. The van der Waals surface area contributed by atoms with E-state index < -0.39 is 27.6 Å². The van der Waals surface area contributed by atoms with Gasteiger partial charge in [-0.1, -0.05) is 42.5 Å². The SMILES string of the molecule is Cc1cccc(N(C(=O)C(N)=O)S(=O)(=O)Cc2ccccc2)c1. The van der Waals surface area contributed by atoms with Gasteiger partial charge in [-0.2, -0.15) is 4.31 Å². The minimum atomic E-state index is -4.11. The van der Waals surface area contributed by atoms with Crippen molar-refractivity contribution in [2.75, 3.05) is 4.31 Å². The van der Waals surface area contributed by atoms with Crippen molar-refractivity contribution in [3.05, 3.63) is 65.7 Å². The van der Waals surface area contributed by atoms with Crippen LogP contribution in [-0.4, -0.2) is 20.2 Å². The third-order valence-corrected chi connectivity index (χ3v) is 4.73. The maximum absolute atomic E-state index is 12.7. The van der Waals surface area contributed by atoms with Gasteiger partial charge in [0.05, 0.1) is 11.4 Å². The van der Waals surface area contributed by atoms with E-state index in [0.29, 0.717) is 9.87 Å².